The molecule has 6 nitrogen and oxygen atoms in total. The van der Waals surface area contributed by atoms with Crippen LogP contribution in [0.1, 0.15) is 34.0 Å². The van der Waals surface area contributed by atoms with Crippen molar-refractivity contribution in [3.63, 3.8) is 0 Å². The van der Waals surface area contributed by atoms with E-state index in [0.29, 0.717) is 17.1 Å². The number of amides is 1. The lowest BCUT2D eigenvalue weighted by Crippen LogP contribution is -2.22. The third kappa shape index (κ3) is 3.08. The number of hydrogen-bond donors (Lipinski definition) is 0. The Labute approximate surface area is 153 Å². The first kappa shape index (κ1) is 16.7. The molecule has 1 saturated heterocycles. The highest BCUT2D eigenvalue weighted by atomic mass is 16.2. The van der Waals surface area contributed by atoms with E-state index in [-0.39, 0.29) is 5.91 Å². The van der Waals surface area contributed by atoms with Crippen LogP contribution in [0.2, 0.25) is 0 Å². The smallest absolute Gasteiger partial charge is 0.258 e. The lowest BCUT2D eigenvalue weighted by atomic mass is 10.0. The normalized spacial score (nSPS) is 17.7. The van der Waals surface area contributed by atoms with E-state index in [4.69, 9.17) is 0 Å². The number of rotatable bonds is 4. The SMILES string of the molecule is CN(C)C(=O)c1cnn2c([C@@H]3CCN(Cc4ccccc4)C3)ccnc12. The Hall–Kier alpha value is -2.73. The maximum absolute atomic E-state index is 12.3. The van der Waals surface area contributed by atoms with Gasteiger partial charge in [-0.05, 0) is 24.6 Å². The summed E-state index contributed by atoms with van der Waals surface area (Å²) in [6.07, 6.45) is 4.51. The fraction of sp³-hybridized carbons (Fsp3) is 0.350. The highest BCUT2D eigenvalue weighted by molar-refractivity contribution is 5.99. The topological polar surface area (TPSA) is 53.7 Å². The van der Waals surface area contributed by atoms with Crippen molar-refractivity contribution in [3.05, 3.63) is 65.6 Å². The minimum atomic E-state index is -0.0678. The minimum absolute atomic E-state index is 0.0678. The van der Waals surface area contributed by atoms with Crippen molar-refractivity contribution in [1.82, 2.24) is 24.4 Å². The van der Waals surface area contributed by atoms with Gasteiger partial charge < -0.3 is 4.90 Å². The third-order valence-electron chi connectivity index (χ3n) is 5.01. The molecule has 0 spiro atoms. The van der Waals surface area contributed by atoms with Crippen LogP contribution in [-0.2, 0) is 6.54 Å². The Morgan fingerprint density at radius 3 is 2.81 bits per heavy atom. The van der Waals surface area contributed by atoms with Crippen molar-refractivity contribution in [1.29, 1.82) is 0 Å². The standard InChI is InChI=1S/C20H23N5O/c1-23(2)20(26)17-12-22-25-18(8-10-21-19(17)25)16-9-11-24(14-16)13-15-6-4-3-5-7-15/h3-8,10,12,16H,9,11,13-14H2,1-2H3/t16-/m1/s1. The van der Waals surface area contributed by atoms with Crippen molar-refractivity contribution in [3.8, 4) is 0 Å². The fourth-order valence-corrected chi connectivity index (χ4v) is 3.67. The number of carbonyl (C=O) groups is 1. The minimum Gasteiger partial charge on any atom is -0.345 e. The number of nitrogens with zero attached hydrogens (tertiary/aromatic N) is 5. The van der Waals surface area contributed by atoms with Gasteiger partial charge in [0.2, 0.25) is 0 Å². The zero-order valence-corrected chi connectivity index (χ0v) is 15.2. The van der Waals surface area contributed by atoms with E-state index in [1.165, 1.54) is 5.56 Å². The van der Waals surface area contributed by atoms with E-state index < -0.39 is 0 Å². The van der Waals surface area contributed by atoms with Crippen LogP contribution in [0.15, 0.2) is 48.8 Å². The Morgan fingerprint density at radius 1 is 1.23 bits per heavy atom. The molecule has 0 unspecified atom stereocenters. The molecule has 1 atom stereocenters. The van der Waals surface area contributed by atoms with Gasteiger partial charge >= 0.3 is 0 Å². The summed E-state index contributed by atoms with van der Waals surface area (Å²) in [7, 11) is 3.49. The summed E-state index contributed by atoms with van der Waals surface area (Å²) in [6, 6.07) is 12.6. The van der Waals surface area contributed by atoms with E-state index in [9.17, 15) is 4.79 Å². The monoisotopic (exact) mass is 349 g/mol. The molecule has 1 aromatic carbocycles. The fourth-order valence-electron chi connectivity index (χ4n) is 3.67. The summed E-state index contributed by atoms with van der Waals surface area (Å²) >= 11 is 0. The molecule has 0 bridgehead atoms. The van der Waals surface area contributed by atoms with Gasteiger partial charge in [0.05, 0.1) is 11.9 Å². The quantitative estimate of drug-likeness (QED) is 0.726. The van der Waals surface area contributed by atoms with Crippen LogP contribution in [0.25, 0.3) is 5.65 Å². The second-order valence-electron chi connectivity index (χ2n) is 7.07. The van der Waals surface area contributed by atoms with Crippen molar-refractivity contribution < 1.29 is 4.79 Å². The summed E-state index contributed by atoms with van der Waals surface area (Å²) in [5.41, 5.74) is 3.66. The Kier molecular flexibility index (Phi) is 4.42. The van der Waals surface area contributed by atoms with Gasteiger partial charge in [0, 0.05) is 39.3 Å². The number of fused-ring (bicyclic) bond motifs is 1. The molecular formula is C20H23N5O. The molecule has 6 heteroatoms. The van der Waals surface area contributed by atoms with Crippen LogP contribution in [-0.4, -0.2) is 57.5 Å². The molecule has 0 saturated carbocycles. The van der Waals surface area contributed by atoms with Crippen LogP contribution in [0.5, 0.6) is 0 Å². The Morgan fingerprint density at radius 2 is 2.04 bits per heavy atom. The number of aromatic nitrogens is 3. The zero-order chi connectivity index (χ0) is 18.1. The molecule has 3 heterocycles. The van der Waals surface area contributed by atoms with E-state index >= 15 is 0 Å². The zero-order valence-electron chi connectivity index (χ0n) is 15.2. The third-order valence-corrected chi connectivity index (χ3v) is 5.01. The Bertz CT molecular complexity index is 918. The highest BCUT2D eigenvalue weighted by Crippen LogP contribution is 2.28. The molecule has 4 rings (SSSR count). The number of hydrogen-bond acceptors (Lipinski definition) is 4. The highest BCUT2D eigenvalue weighted by Gasteiger charge is 2.27. The molecular weight excluding hydrogens is 326 g/mol. The molecule has 0 aliphatic carbocycles. The average molecular weight is 349 g/mol. The summed E-state index contributed by atoms with van der Waals surface area (Å²) in [4.78, 5) is 20.8. The maximum atomic E-state index is 12.3. The van der Waals surface area contributed by atoms with Gasteiger partial charge in [0.1, 0.15) is 5.56 Å². The van der Waals surface area contributed by atoms with Crippen molar-refractivity contribution in [2.24, 2.45) is 0 Å². The molecule has 3 aromatic rings. The Balaban J connectivity index is 1.57. The lowest BCUT2D eigenvalue weighted by Gasteiger charge is -2.16. The molecule has 134 valence electrons. The van der Waals surface area contributed by atoms with Crippen LogP contribution in [0.4, 0.5) is 0 Å². The lowest BCUT2D eigenvalue weighted by molar-refractivity contribution is 0.0829. The molecule has 0 radical (unpaired) electrons. The summed E-state index contributed by atoms with van der Waals surface area (Å²) in [6.45, 7) is 3.02. The van der Waals surface area contributed by atoms with Crippen LogP contribution >= 0.6 is 0 Å². The summed E-state index contributed by atoms with van der Waals surface area (Å²) < 4.78 is 1.84. The molecule has 1 aliphatic rings. The van der Waals surface area contributed by atoms with Gasteiger partial charge in [-0.3, -0.25) is 9.69 Å². The molecule has 0 N–H and O–H groups in total. The van der Waals surface area contributed by atoms with E-state index in [2.05, 4.69) is 39.2 Å². The maximum Gasteiger partial charge on any atom is 0.258 e. The van der Waals surface area contributed by atoms with E-state index in [1.54, 1.807) is 31.4 Å². The van der Waals surface area contributed by atoms with E-state index in [1.807, 2.05) is 16.6 Å². The van der Waals surface area contributed by atoms with Gasteiger partial charge in [-0.25, -0.2) is 9.50 Å². The molecule has 26 heavy (non-hydrogen) atoms. The molecule has 1 aliphatic heterocycles. The second-order valence-corrected chi connectivity index (χ2v) is 7.07. The first-order valence-corrected chi connectivity index (χ1v) is 8.94. The van der Waals surface area contributed by atoms with Gasteiger partial charge in [-0.2, -0.15) is 5.10 Å². The largest absolute Gasteiger partial charge is 0.345 e. The number of likely N-dealkylation sites (tertiary alicyclic amines) is 1. The van der Waals surface area contributed by atoms with Gasteiger partial charge in [-0.1, -0.05) is 30.3 Å². The van der Waals surface area contributed by atoms with E-state index in [0.717, 1.165) is 31.7 Å². The van der Waals surface area contributed by atoms with Gasteiger partial charge in [0.15, 0.2) is 5.65 Å². The number of benzene rings is 1. The van der Waals surface area contributed by atoms with Crippen LogP contribution in [0.3, 0.4) is 0 Å². The van der Waals surface area contributed by atoms with Gasteiger partial charge in [-0.15, -0.1) is 0 Å². The molecule has 1 amide bonds. The predicted octanol–water partition coefficient (Wildman–Crippen LogP) is 2.42. The summed E-state index contributed by atoms with van der Waals surface area (Å²) in [5.74, 6) is 0.327. The first-order chi connectivity index (χ1) is 12.6. The van der Waals surface area contributed by atoms with Crippen LogP contribution in [0, 0.1) is 0 Å². The summed E-state index contributed by atoms with van der Waals surface area (Å²) in [5, 5.41) is 4.46. The molecule has 2 aromatic heterocycles. The van der Waals surface area contributed by atoms with Crippen molar-refractivity contribution in [2.45, 2.75) is 18.9 Å². The van der Waals surface area contributed by atoms with Crippen molar-refractivity contribution >= 4 is 11.6 Å². The second kappa shape index (κ2) is 6.88. The average Bonchev–Trinajstić information content (AvgIpc) is 3.28. The van der Waals surface area contributed by atoms with Crippen molar-refractivity contribution in [2.75, 3.05) is 27.2 Å². The molecule has 1 fully saturated rings. The number of carbonyl (C=O) groups excluding carboxylic acids is 1. The first-order valence-electron chi connectivity index (χ1n) is 8.94. The predicted molar refractivity (Wildman–Crippen MR) is 100 cm³/mol. The van der Waals surface area contributed by atoms with Crippen LogP contribution < -0.4 is 0 Å². The van der Waals surface area contributed by atoms with Gasteiger partial charge in [0.25, 0.3) is 5.91 Å².